The molecule has 2 rings (SSSR count). The quantitative estimate of drug-likeness (QED) is 0.818. The van der Waals surface area contributed by atoms with Gasteiger partial charge in [-0.25, -0.2) is 0 Å². The van der Waals surface area contributed by atoms with E-state index in [-0.39, 0.29) is 5.54 Å². The van der Waals surface area contributed by atoms with Crippen molar-refractivity contribution < 1.29 is 0 Å². The maximum Gasteiger partial charge on any atom is 0.0385 e. The molecule has 2 atom stereocenters. The Morgan fingerprint density at radius 1 is 1.18 bits per heavy atom. The fraction of sp³-hybridized carbons (Fsp3) is 1.00. The zero-order valence-corrected chi connectivity index (χ0v) is 12.0. The molecule has 0 aromatic rings. The first-order valence-corrected chi connectivity index (χ1v) is 7.54. The van der Waals surface area contributed by atoms with Gasteiger partial charge in [0.15, 0.2) is 0 Å². The largest absolute Gasteiger partial charge is 0.329 e. The van der Waals surface area contributed by atoms with Crippen molar-refractivity contribution in [2.45, 2.75) is 77.3 Å². The minimum absolute atomic E-state index is 0.280. The van der Waals surface area contributed by atoms with Crippen molar-refractivity contribution in [1.82, 2.24) is 4.90 Å². The molecular weight excluding hydrogens is 208 g/mol. The predicted molar refractivity (Wildman–Crippen MR) is 74.1 cm³/mol. The van der Waals surface area contributed by atoms with Crippen LogP contribution in [0.3, 0.4) is 0 Å². The number of nitrogens with two attached hydrogens (primary N) is 1. The summed E-state index contributed by atoms with van der Waals surface area (Å²) in [6.07, 6.45) is 9.46. The summed E-state index contributed by atoms with van der Waals surface area (Å²) in [5.74, 6) is 0. The van der Waals surface area contributed by atoms with Crippen LogP contribution in [0.15, 0.2) is 0 Å². The van der Waals surface area contributed by atoms with Crippen molar-refractivity contribution in [1.29, 1.82) is 0 Å². The second kappa shape index (κ2) is 4.89. The molecule has 1 saturated heterocycles. The van der Waals surface area contributed by atoms with E-state index in [1.165, 1.54) is 51.5 Å². The van der Waals surface area contributed by atoms with Crippen molar-refractivity contribution in [3.63, 3.8) is 0 Å². The Morgan fingerprint density at radius 2 is 1.88 bits per heavy atom. The molecule has 1 heterocycles. The predicted octanol–water partition coefficient (Wildman–Crippen LogP) is 3.16. The van der Waals surface area contributed by atoms with Gasteiger partial charge in [-0.2, -0.15) is 0 Å². The molecule has 0 amide bonds. The molecule has 0 aromatic heterocycles. The molecule has 2 heteroatoms. The normalized spacial score (nSPS) is 38.5. The lowest BCUT2D eigenvalue weighted by Gasteiger charge is -2.56. The van der Waals surface area contributed by atoms with Gasteiger partial charge in [0.25, 0.3) is 0 Å². The van der Waals surface area contributed by atoms with Crippen molar-refractivity contribution >= 4 is 0 Å². The second-order valence-electron chi connectivity index (χ2n) is 6.72. The molecule has 100 valence electrons. The lowest BCUT2D eigenvalue weighted by molar-refractivity contribution is -0.0519. The van der Waals surface area contributed by atoms with Gasteiger partial charge in [0, 0.05) is 18.1 Å². The smallest absolute Gasteiger partial charge is 0.0385 e. The molecule has 2 unspecified atom stereocenters. The van der Waals surface area contributed by atoms with Gasteiger partial charge >= 0.3 is 0 Å². The van der Waals surface area contributed by atoms with Crippen molar-refractivity contribution in [2.75, 3.05) is 13.1 Å². The highest BCUT2D eigenvalue weighted by Gasteiger charge is 2.51. The molecule has 2 N–H and O–H groups in total. The van der Waals surface area contributed by atoms with E-state index in [1.807, 2.05) is 0 Å². The Kier molecular flexibility index (Phi) is 3.84. The minimum Gasteiger partial charge on any atom is -0.329 e. The highest BCUT2D eigenvalue weighted by molar-refractivity contribution is 5.07. The summed E-state index contributed by atoms with van der Waals surface area (Å²) >= 11 is 0. The van der Waals surface area contributed by atoms with Gasteiger partial charge in [0.05, 0.1) is 0 Å². The molecule has 2 aliphatic rings. The van der Waals surface area contributed by atoms with Crippen LogP contribution in [0.4, 0.5) is 0 Å². The Balaban J connectivity index is 2.28. The Hall–Kier alpha value is -0.0800. The van der Waals surface area contributed by atoms with Gasteiger partial charge in [-0.05, 0) is 44.1 Å². The van der Waals surface area contributed by atoms with Crippen LogP contribution in [-0.4, -0.2) is 29.6 Å². The Bertz CT molecular complexity index is 262. The van der Waals surface area contributed by atoms with Crippen molar-refractivity contribution in [3.8, 4) is 0 Å². The lowest BCUT2D eigenvalue weighted by atomic mass is 9.62. The molecule has 0 aromatic carbocycles. The molecule has 1 aliphatic carbocycles. The molecule has 2 nitrogen and oxygen atoms in total. The summed E-state index contributed by atoms with van der Waals surface area (Å²) in [5, 5.41) is 0. The number of hydrogen-bond acceptors (Lipinski definition) is 2. The van der Waals surface area contributed by atoms with Gasteiger partial charge in [-0.15, -0.1) is 0 Å². The van der Waals surface area contributed by atoms with Crippen LogP contribution in [-0.2, 0) is 0 Å². The van der Waals surface area contributed by atoms with Crippen LogP contribution in [0.25, 0.3) is 0 Å². The van der Waals surface area contributed by atoms with Crippen LogP contribution in [0.5, 0.6) is 0 Å². The van der Waals surface area contributed by atoms with E-state index < -0.39 is 0 Å². The van der Waals surface area contributed by atoms with Crippen LogP contribution in [0, 0.1) is 5.41 Å². The molecule has 0 bridgehead atoms. The summed E-state index contributed by atoms with van der Waals surface area (Å²) in [4.78, 5) is 2.80. The Labute approximate surface area is 107 Å². The standard InChI is InChI=1S/C15H30N2/c1-4-13-8-7-11-17(13)15(12-16)10-6-5-9-14(15,2)3/h13H,4-12,16H2,1-3H3. The third kappa shape index (κ3) is 2.04. The first-order valence-electron chi connectivity index (χ1n) is 7.54. The first-order chi connectivity index (χ1) is 8.07. The monoisotopic (exact) mass is 238 g/mol. The van der Waals surface area contributed by atoms with Crippen LogP contribution >= 0.6 is 0 Å². The van der Waals surface area contributed by atoms with Crippen molar-refractivity contribution in [2.24, 2.45) is 11.1 Å². The van der Waals surface area contributed by atoms with Gasteiger partial charge in [-0.3, -0.25) is 4.90 Å². The van der Waals surface area contributed by atoms with Crippen LogP contribution in [0.1, 0.15) is 65.7 Å². The molecular formula is C15H30N2. The second-order valence-corrected chi connectivity index (χ2v) is 6.72. The summed E-state index contributed by atoms with van der Waals surface area (Å²) in [7, 11) is 0. The maximum atomic E-state index is 6.27. The number of likely N-dealkylation sites (tertiary alicyclic amines) is 1. The topological polar surface area (TPSA) is 29.3 Å². The zero-order chi connectivity index (χ0) is 12.5. The van der Waals surface area contributed by atoms with E-state index >= 15 is 0 Å². The fourth-order valence-electron chi connectivity index (χ4n) is 4.41. The molecule has 2 fully saturated rings. The van der Waals surface area contributed by atoms with Crippen LogP contribution < -0.4 is 5.73 Å². The summed E-state index contributed by atoms with van der Waals surface area (Å²) in [5.41, 5.74) is 6.94. The van der Waals surface area contributed by atoms with E-state index in [1.54, 1.807) is 0 Å². The van der Waals surface area contributed by atoms with Gasteiger partial charge in [0.1, 0.15) is 0 Å². The van der Waals surface area contributed by atoms with Gasteiger partial charge in [-0.1, -0.05) is 33.6 Å². The highest BCUT2D eigenvalue weighted by atomic mass is 15.3. The van der Waals surface area contributed by atoms with Crippen molar-refractivity contribution in [3.05, 3.63) is 0 Å². The number of nitrogens with zero attached hydrogens (tertiary/aromatic N) is 1. The summed E-state index contributed by atoms with van der Waals surface area (Å²) < 4.78 is 0. The molecule has 1 aliphatic heterocycles. The Morgan fingerprint density at radius 3 is 2.47 bits per heavy atom. The number of hydrogen-bond donors (Lipinski definition) is 1. The van der Waals surface area contributed by atoms with Gasteiger partial charge < -0.3 is 5.73 Å². The van der Waals surface area contributed by atoms with E-state index in [4.69, 9.17) is 5.73 Å². The summed E-state index contributed by atoms with van der Waals surface area (Å²) in [6, 6.07) is 0.788. The molecule has 0 spiro atoms. The van der Waals surface area contributed by atoms with E-state index in [0.717, 1.165) is 12.6 Å². The lowest BCUT2D eigenvalue weighted by Crippen LogP contribution is -2.64. The zero-order valence-electron chi connectivity index (χ0n) is 12.0. The average Bonchev–Trinajstić information content (AvgIpc) is 2.77. The molecule has 1 saturated carbocycles. The van der Waals surface area contributed by atoms with E-state index in [9.17, 15) is 0 Å². The number of rotatable bonds is 3. The molecule has 0 radical (unpaired) electrons. The molecule has 17 heavy (non-hydrogen) atoms. The third-order valence-corrected chi connectivity index (χ3v) is 5.64. The van der Waals surface area contributed by atoms with Gasteiger partial charge in [0.2, 0.25) is 0 Å². The highest BCUT2D eigenvalue weighted by Crippen LogP contribution is 2.49. The SMILES string of the molecule is CCC1CCCN1C1(CN)CCCCC1(C)C. The minimum atomic E-state index is 0.280. The first kappa shape index (κ1) is 13.4. The fourth-order valence-corrected chi connectivity index (χ4v) is 4.41. The van der Waals surface area contributed by atoms with E-state index in [2.05, 4.69) is 25.7 Å². The summed E-state index contributed by atoms with van der Waals surface area (Å²) in [6.45, 7) is 9.35. The van der Waals surface area contributed by atoms with Crippen LogP contribution in [0.2, 0.25) is 0 Å². The third-order valence-electron chi connectivity index (χ3n) is 5.64. The maximum absolute atomic E-state index is 6.27. The average molecular weight is 238 g/mol. The van der Waals surface area contributed by atoms with E-state index in [0.29, 0.717) is 5.41 Å².